The van der Waals surface area contributed by atoms with E-state index >= 15 is 0 Å². The molecule has 0 bridgehead atoms. The molecule has 0 heterocycles. The van der Waals surface area contributed by atoms with Crippen LogP contribution in [0, 0.1) is 5.92 Å². The zero-order valence-electron chi connectivity index (χ0n) is 22.3. The topological polar surface area (TPSA) is 108 Å². The number of benzene rings is 3. The lowest BCUT2D eigenvalue weighted by Gasteiger charge is -2.23. The van der Waals surface area contributed by atoms with E-state index in [1.807, 2.05) is 66.5 Å². The van der Waals surface area contributed by atoms with Crippen LogP contribution in [0.4, 0.5) is 4.79 Å². The van der Waals surface area contributed by atoms with E-state index in [1.165, 1.54) is 0 Å². The van der Waals surface area contributed by atoms with E-state index in [9.17, 15) is 19.5 Å². The predicted molar refractivity (Wildman–Crippen MR) is 152 cm³/mol. The Balaban J connectivity index is 1.10. The van der Waals surface area contributed by atoms with Gasteiger partial charge in [0.25, 0.3) is 0 Å². The first kappa shape index (κ1) is 27.1. The first-order valence-corrected chi connectivity index (χ1v) is 13.4. The SMILES string of the molecule is CN(Cc1ccccc1)CC(NC(=O)C1C=CC(NC(=O)OCC2c3ccccc3-c3ccccc32)C1)C(=O)O. The highest BCUT2D eigenvalue weighted by molar-refractivity contribution is 5.86. The molecule has 206 valence electrons. The van der Waals surface area contributed by atoms with Gasteiger partial charge in [0.15, 0.2) is 0 Å². The number of carboxylic acid groups (broad SMARTS) is 1. The lowest BCUT2D eigenvalue weighted by Crippen LogP contribution is -2.49. The molecule has 0 radical (unpaired) electrons. The van der Waals surface area contributed by atoms with Crippen LogP contribution in [-0.4, -0.2) is 60.3 Å². The molecule has 2 aliphatic rings. The second-order valence-corrected chi connectivity index (χ2v) is 10.4. The number of rotatable bonds is 10. The quantitative estimate of drug-likeness (QED) is 0.334. The van der Waals surface area contributed by atoms with E-state index in [0.717, 1.165) is 27.8 Å². The van der Waals surface area contributed by atoms with Gasteiger partial charge in [-0.1, -0.05) is 91.0 Å². The number of nitrogens with zero attached hydrogens (tertiary/aromatic N) is 1. The fourth-order valence-corrected chi connectivity index (χ4v) is 5.53. The zero-order chi connectivity index (χ0) is 28.1. The van der Waals surface area contributed by atoms with Gasteiger partial charge < -0.3 is 20.5 Å². The lowest BCUT2D eigenvalue weighted by atomic mass is 9.98. The molecule has 2 aliphatic carbocycles. The summed E-state index contributed by atoms with van der Waals surface area (Å²) in [6.07, 6.45) is 3.24. The number of carbonyl (C=O) groups is 3. The number of ether oxygens (including phenoxy) is 1. The van der Waals surface area contributed by atoms with E-state index < -0.39 is 24.0 Å². The average molecular weight is 540 g/mol. The lowest BCUT2D eigenvalue weighted by molar-refractivity contribution is -0.142. The molecule has 2 amide bonds. The van der Waals surface area contributed by atoms with Gasteiger partial charge >= 0.3 is 12.1 Å². The second kappa shape index (κ2) is 12.2. The zero-order valence-corrected chi connectivity index (χ0v) is 22.3. The highest BCUT2D eigenvalue weighted by atomic mass is 16.5. The summed E-state index contributed by atoms with van der Waals surface area (Å²) in [6, 6.07) is 24.6. The van der Waals surface area contributed by atoms with Crippen molar-refractivity contribution >= 4 is 18.0 Å². The number of hydrogen-bond donors (Lipinski definition) is 3. The molecule has 5 rings (SSSR count). The maximum absolute atomic E-state index is 12.9. The number of likely N-dealkylation sites (N-methyl/N-ethyl adjacent to an activating group) is 1. The van der Waals surface area contributed by atoms with Gasteiger partial charge in [0.05, 0.1) is 12.0 Å². The fourth-order valence-electron chi connectivity index (χ4n) is 5.53. The van der Waals surface area contributed by atoms with Crippen molar-refractivity contribution in [3.63, 3.8) is 0 Å². The molecule has 40 heavy (non-hydrogen) atoms. The Bertz CT molecular complexity index is 1360. The minimum absolute atomic E-state index is 0.0382. The molecule has 3 unspecified atom stereocenters. The van der Waals surface area contributed by atoms with Crippen molar-refractivity contribution in [3.8, 4) is 11.1 Å². The third kappa shape index (κ3) is 6.24. The number of alkyl carbamates (subject to hydrolysis) is 1. The fraction of sp³-hybridized carbons (Fsp3) is 0.281. The molecule has 0 spiro atoms. The Hall–Kier alpha value is -4.43. The minimum Gasteiger partial charge on any atom is -0.480 e. The third-order valence-electron chi connectivity index (χ3n) is 7.47. The summed E-state index contributed by atoms with van der Waals surface area (Å²) >= 11 is 0. The molecule has 3 N–H and O–H groups in total. The molecule has 3 aromatic carbocycles. The number of fused-ring (bicyclic) bond motifs is 3. The van der Waals surface area contributed by atoms with Crippen LogP contribution in [0.3, 0.4) is 0 Å². The molecule has 0 saturated heterocycles. The number of hydrogen-bond acceptors (Lipinski definition) is 5. The second-order valence-electron chi connectivity index (χ2n) is 10.4. The Morgan fingerprint density at radius 3 is 2.20 bits per heavy atom. The van der Waals surface area contributed by atoms with Crippen molar-refractivity contribution in [2.75, 3.05) is 20.2 Å². The van der Waals surface area contributed by atoms with Crippen molar-refractivity contribution in [2.24, 2.45) is 5.92 Å². The Morgan fingerprint density at radius 1 is 0.925 bits per heavy atom. The number of aliphatic carboxylic acids is 1. The molecular formula is C32H33N3O5. The van der Waals surface area contributed by atoms with Gasteiger partial charge in [-0.05, 0) is 41.3 Å². The molecule has 8 nitrogen and oxygen atoms in total. The Labute approximate surface area is 233 Å². The van der Waals surface area contributed by atoms with E-state index in [4.69, 9.17) is 4.74 Å². The first-order chi connectivity index (χ1) is 19.4. The van der Waals surface area contributed by atoms with E-state index in [0.29, 0.717) is 13.0 Å². The van der Waals surface area contributed by atoms with Crippen LogP contribution in [0.15, 0.2) is 91.0 Å². The number of carbonyl (C=O) groups excluding carboxylic acids is 2. The largest absolute Gasteiger partial charge is 0.480 e. The van der Waals surface area contributed by atoms with Crippen molar-refractivity contribution in [1.82, 2.24) is 15.5 Å². The number of carboxylic acids is 1. The monoisotopic (exact) mass is 539 g/mol. The third-order valence-corrected chi connectivity index (χ3v) is 7.47. The smallest absolute Gasteiger partial charge is 0.407 e. The van der Waals surface area contributed by atoms with Gasteiger partial charge in [-0.2, -0.15) is 0 Å². The average Bonchev–Trinajstić information content (AvgIpc) is 3.54. The van der Waals surface area contributed by atoms with Crippen LogP contribution in [0.25, 0.3) is 11.1 Å². The summed E-state index contributed by atoms with van der Waals surface area (Å²) in [5.41, 5.74) is 5.64. The Morgan fingerprint density at radius 2 is 1.55 bits per heavy atom. The van der Waals surface area contributed by atoms with Crippen LogP contribution < -0.4 is 10.6 Å². The molecular weight excluding hydrogens is 506 g/mol. The normalized spacial score (nSPS) is 18.1. The molecule has 0 saturated carbocycles. The van der Waals surface area contributed by atoms with Crippen LogP contribution >= 0.6 is 0 Å². The van der Waals surface area contributed by atoms with Crippen LogP contribution in [0.1, 0.15) is 29.0 Å². The summed E-state index contributed by atoms with van der Waals surface area (Å²) in [6.45, 7) is 0.931. The number of nitrogens with one attached hydrogen (secondary N) is 2. The van der Waals surface area contributed by atoms with Gasteiger partial charge in [-0.25, -0.2) is 9.59 Å². The van der Waals surface area contributed by atoms with E-state index in [-0.39, 0.29) is 31.0 Å². The summed E-state index contributed by atoms with van der Waals surface area (Å²) < 4.78 is 5.62. The van der Waals surface area contributed by atoms with Gasteiger partial charge in [-0.15, -0.1) is 0 Å². The molecule has 0 fully saturated rings. The molecule has 8 heteroatoms. The predicted octanol–water partition coefficient (Wildman–Crippen LogP) is 4.17. The summed E-state index contributed by atoms with van der Waals surface area (Å²) in [5, 5.41) is 15.2. The summed E-state index contributed by atoms with van der Waals surface area (Å²) in [4.78, 5) is 39.2. The maximum atomic E-state index is 12.9. The molecule has 0 aromatic heterocycles. The van der Waals surface area contributed by atoms with Gasteiger partial charge in [0.2, 0.25) is 5.91 Å². The molecule has 0 aliphatic heterocycles. The highest BCUT2D eigenvalue weighted by Crippen LogP contribution is 2.44. The van der Waals surface area contributed by atoms with Gasteiger partial charge in [0.1, 0.15) is 12.6 Å². The first-order valence-electron chi connectivity index (χ1n) is 13.4. The Kier molecular flexibility index (Phi) is 8.26. The van der Waals surface area contributed by atoms with Gasteiger partial charge in [0, 0.05) is 19.0 Å². The summed E-state index contributed by atoms with van der Waals surface area (Å²) in [7, 11) is 1.82. The van der Waals surface area contributed by atoms with Crippen molar-refractivity contribution in [1.29, 1.82) is 0 Å². The minimum atomic E-state index is -1.09. The number of amides is 2. The van der Waals surface area contributed by atoms with Crippen molar-refractivity contribution < 1.29 is 24.2 Å². The summed E-state index contributed by atoms with van der Waals surface area (Å²) in [5.74, 6) is -2.05. The van der Waals surface area contributed by atoms with Crippen molar-refractivity contribution in [3.05, 3.63) is 108 Å². The van der Waals surface area contributed by atoms with Crippen molar-refractivity contribution in [2.45, 2.75) is 31.0 Å². The highest BCUT2D eigenvalue weighted by Gasteiger charge is 2.32. The van der Waals surface area contributed by atoms with E-state index in [1.54, 1.807) is 12.2 Å². The van der Waals surface area contributed by atoms with Gasteiger partial charge in [-0.3, -0.25) is 9.69 Å². The van der Waals surface area contributed by atoms with E-state index in [2.05, 4.69) is 34.9 Å². The van der Waals surface area contributed by atoms with Crippen LogP contribution in [-0.2, 0) is 20.9 Å². The standard InChI is InChI=1S/C32H33N3O5/c1-35(18-21-9-3-2-4-10-21)19-29(31(37)38)34-30(36)22-15-16-23(17-22)33-32(39)40-20-28-26-13-7-5-11-24(26)25-12-6-8-14-27(25)28/h2-16,22-23,28-29H,17-20H2,1H3,(H,33,39)(H,34,36)(H,37,38). The molecule has 3 atom stereocenters. The maximum Gasteiger partial charge on any atom is 0.407 e. The van der Waals surface area contributed by atoms with Crippen LogP contribution in [0.2, 0.25) is 0 Å². The molecule has 3 aromatic rings. The van der Waals surface area contributed by atoms with Crippen LogP contribution in [0.5, 0.6) is 0 Å².